The predicted molar refractivity (Wildman–Crippen MR) is 85.6 cm³/mol. The van der Waals surface area contributed by atoms with Crippen LogP contribution in [0.5, 0.6) is 5.75 Å². The first-order chi connectivity index (χ1) is 11.1. The van der Waals surface area contributed by atoms with E-state index in [1.54, 1.807) is 18.2 Å². The number of halogens is 1. The fraction of sp³-hybridized carbons (Fsp3) is 0.222. The van der Waals surface area contributed by atoms with Crippen LogP contribution in [-0.2, 0) is 16.0 Å². The van der Waals surface area contributed by atoms with Gasteiger partial charge in [-0.25, -0.2) is 14.2 Å². The van der Waals surface area contributed by atoms with Crippen molar-refractivity contribution in [2.75, 3.05) is 13.7 Å². The van der Waals surface area contributed by atoms with E-state index >= 15 is 0 Å². The fourth-order valence-corrected chi connectivity index (χ4v) is 1.95. The molecule has 0 fully saturated rings. The first kappa shape index (κ1) is 16.7. The molecule has 0 aliphatic heterocycles. The number of nitrogens with zero attached hydrogens (tertiary/aromatic N) is 1. The number of aromatic nitrogens is 1. The van der Waals surface area contributed by atoms with Crippen LogP contribution in [0.25, 0.3) is 6.08 Å². The number of methoxy groups -OCH3 is 1. The second-order valence-corrected chi connectivity index (χ2v) is 4.92. The molecule has 0 aliphatic carbocycles. The number of pyridine rings is 1. The number of benzene rings is 1. The average molecular weight is 315 g/mol. The molecule has 0 atom stereocenters. The van der Waals surface area contributed by atoms with E-state index in [0.29, 0.717) is 24.5 Å². The molecule has 1 aromatic carbocycles. The molecule has 0 saturated carbocycles. The van der Waals surface area contributed by atoms with Crippen molar-refractivity contribution in [3.63, 3.8) is 0 Å². The van der Waals surface area contributed by atoms with Gasteiger partial charge in [-0.15, -0.1) is 0 Å². The van der Waals surface area contributed by atoms with Crippen LogP contribution in [0.15, 0.2) is 42.5 Å². The molecule has 0 unspecified atom stereocenters. The van der Waals surface area contributed by atoms with Gasteiger partial charge in [0.1, 0.15) is 17.3 Å². The molecule has 5 heteroatoms. The Hall–Kier alpha value is -2.69. The van der Waals surface area contributed by atoms with Gasteiger partial charge in [0.05, 0.1) is 13.7 Å². The molecule has 0 saturated heterocycles. The van der Waals surface area contributed by atoms with Gasteiger partial charge in [-0.1, -0.05) is 12.1 Å². The minimum Gasteiger partial charge on any atom is -0.491 e. The van der Waals surface area contributed by atoms with Gasteiger partial charge in [0.15, 0.2) is 0 Å². The van der Waals surface area contributed by atoms with Crippen molar-refractivity contribution in [3.05, 3.63) is 65.2 Å². The number of esters is 1. The third kappa shape index (κ3) is 5.21. The van der Waals surface area contributed by atoms with Crippen molar-refractivity contribution < 1.29 is 18.7 Å². The maximum atomic E-state index is 12.9. The van der Waals surface area contributed by atoms with Crippen LogP contribution in [-0.4, -0.2) is 24.7 Å². The second kappa shape index (κ2) is 8.08. The summed E-state index contributed by atoms with van der Waals surface area (Å²) in [5, 5.41) is 0. The minimum atomic E-state index is -0.453. The molecule has 2 rings (SSSR count). The molecule has 0 N–H and O–H groups in total. The van der Waals surface area contributed by atoms with Gasteiger partial charge >= 0.3 is 5.97 Å². The SMILES string of the molecule is COC(=O)/C=C/c1nc(C)ccc1OCCc1ccc(F)cc1. The van der Waals surface area contributed by atoms with Crippen molar-refractivity contribution in [1.82, 2.24) is 4.98 Å². The zero-order valence-corrected chi connectivity index (χ0v) is 13.1. The molecule has 0 amide bonds. The second-order valence-electron chi connectivity index (χ2n) is 4.92. The number of hydrogen-bond donors (Lipinski definition) is 0. The molecule has 1 heterocycles. The summed E-state index contributed by atoms with van der Waals surface area (Å²) in [6.07, 6.45) is 3.51. The molecule has 23 heavy (non-hydrogen) atoms. The summed E-state index contributed by atoms with van der Waals surface area (Å²) >= 11 is 0. The summed E-state index contributed by atoms with van der Waals surface area (Å²) in [5.74, 6) is -0.129. The maximum Gasteiger partial charge on any atom is 0.330 e. The number of rotatable bonds is 6. The third-order valence-corrected chi connectivity index (χ3v) is 3.17. The molecule has 0 aliphatic rings. The standard InChI is InChI=1S/C18H18FNO3/c1-13-3-9-17(16(20-13)8-10-18(21)22-2)23-12-11-14-4-6-15(19)7-5-14/h3-10H,11-12H2,1-2H3/b10-8+. The average Bonchev–Trinajstić information content (AvgIpc) is 2.56. The summed E-state index contributed by atoms with van der Waals surface area (Å²) in [7, 11) is 1.32. The highest BCUT2D eigenvalue weighted by molar-refractivity contribution is 5.87. The van der Waals surface area contributed by atoms with Crippen LogP contribution >= 0.6 is 0 Å². The molecular weight excluding hydrogens is 297 g/mol. The van der Waals surface area contributed by atoms with Crippen LogP contribution in [0.2, 0.25) is 0 Å². The van der Waals surface area contributed by atoms with Crippen LogP contribution in [0.4, 0.5) is 4.39 Å². The highest BCUT2D eigenvalue weighted by Crippen LogP contribution is 2.19. The topological polar surface area (TPSA) is 48.4 Å². The summed E-state index contributed by atoms with van der Waals surface area (Å²) in [4.78, 5) is 15.5. The maximum absolute atomic E-state index is 12.9. The Labute approximate surface area is 134 Å². The van der Waals surface area contributed by atoms with E-state index in [1.807, 2.05) is 19.1 Å². The number of carbonyl (C=O) groups excluding carboxylic acids is 1. The van der Waals surface area contributed by atoms with E-state index < -0.39 is 5.97 Å². The zero-order chi connectivity index (χ0) is 16.7. The first-order valence-electron chi connectivity index (χ1n) is 7.19. The van der Waals surface area contributed by atoms with E-state index in [0.717, 1.165) is 11.3 Å². The fourth-order valence-electron chi connectivity index (χ4n) is 1.95. The number of aryl methyl sites for hydroxylation is 1. The first-order valence-corrected chi connectivity index (χ1v) is 7.19. The largest absolute Gasteiger partial charge is 0.491 e. The van der Waals surface area contributed by atoms with E-state index in [4.69, 9.17) is 4.74 Å². The van der Waals surface area contributed by atoms with Crippen molar-refractivity contribution in [2.45, 2.75) is 13.3 Å². The van der Waals surface area contributed by atoms with Crippen molar-refractivity contribution in [1.29, 1.82) is 0 Å². The lowest BCUT2D eigenvalue weighted by atomic mass is 10.1. The molecular formula is C18H18FNO3. The summed E-state index contributed by atoms with van der Waals surface area (Å²) in [5.41, 5.74) is 2.37. The van der Waals surface area contributed by atoms with Crippen LogP contribution in [0.3, 0.4) is 0 Å². The molecule has 1 aromatic heterocycles. The summed E-state index contributed by atoms with van der Waals surface area (Å²) in [6, 6.07) is 9.95. The summed E-state index contributed by atoms with van der Waals surface area (Å²) < 4.78 is 23.2. The lowest BCUT2D eigenvalue weighted by molar-refractivity contribution is -0.134. The number of hydrogen-bond acceptors (Lipinski definition) is 4. The lowest BCUT2D eigenvalue weighted by Gasteiger charge is -2.09. The quantitative estimate of drug-likeness (QED) is 0.606. The number of carbonyl (C=O) groups is 1. The van der Waals surface area contributed by atoms with Gasteiger partial charge in [-0.3, -0.25) is 0 Å². The predicted octanol–water partition coefficient (Wildman–Crippen LogP) is 3.34. The normalized spacial score (nSPS) is 10.7. The molecule has 0 spiro atoms. The van der Waals surface area contributed by atoms with Crippen molar-refractivity contribution in [2.24, 2.45) is 0 Å². The highest BCUT2D eigenvalue weighted by atomic mass is 19.1. The van der Waals surface area contributed by atoms with Gasteiger partial charge in [0, 0.05) is 18.2 Å². The zero-order valence-electron chi connectivity index (χ0n) is 13.1. The lowest BCUT2D eigenvalue weighted by Crippen LogP contribution is -2.04. The Kier molecular flexibility index (Phi) is 5.86. The van der Waals surface area contributed by atoms with E-state index in [2.05, 4.69) is 9.72 Å². The molecule has 2 aromatic rings. The Bertz CT molecular complexity index is 696. The molecule has 0 radical (unpaired) electrons. The van der Waals surface area contributed by atoms with Gasteiger partial charge in [0.25, 0.3) is 0 Å². The molecule has 0 bridgehead atoms. The van der Waals surface area contributed by atoms with Gasteiger partial charge in [0.2, 0.25) is 0 Å². The van der Waals surface area contributed by atoms with Crippen molar-refractivity contribution >= 4 is 12.0 Å². The van der Waals surface area contributed by atoms with Crippen LogP contribution in [0, 0.1) is 12.7 Å². The van der Waals surface area contributed by atoms with E-state index in [9.17, 15) is 9.18 Å². The van der Waals surface area contributed by atoms with E-state index in [1.165, 1.54) is 25.3 Å². The molecule has 120 valence electrons. The minimum absolute atomic E-state index is 0.257. The van der Waals surface area contributed by atoms with Gasteiger partial charge in [-0.05, 0) is 42.8 Å². The van der Waals surface area contributed by atoms with Crippen LogP contribution in [0.1, 0.15) is 17.0 Å². The Morgan fingerprint density at radius 3 is 2.65 bits per heavy atom. The van der Waals surface area contributed by atoms with Gasteiger partial charge in [-0.2, -0.15) is 0 Å². The Morgan fingerprint density at radius 2 is 1.96 bits per heavy atom. The molecule has 4 nitrogen and oxygen atoms in total. The number of ether oxygens (including phenoxy) is 2. The van der Waals surface area contributed by atoms with Crippen molar-refractivity contribution in [3.8, 4) is 5.75 Å². The highest BCUT2D eigenvalue weighted by Gasteiger charge is 2.05. The van der Waals surface area contributed by atoms with Crippen LogP contribution < -0.4 is 4.74 Å². The smallest absolute Gasteiger partial charge is 0.330 e. The van der Waals surface area contributed by atoms with Gasteiger partial charge < -0.3 is 9.47 Å². The summed E-state index contributed by atoms with van der Waals surface area (Å²) in [6.45, 7) is 2.28. The Morgan fingerprint density at radius 1 is 1.22 bits per heavy atom. The Balaban J connectivity index is 2.02. The third-order valence-electron chi connectivity index (χ3n) is 3.17. The monoisotopic (exact) mass is 315 g/mol. The van der Waals surface area contributed by atoms with E-state index in [-0.39, 0.29) is 5.82 Å².